The van der Waals surface area contributed by atoms with Crippen LogP contribution in [0, 0.1) is 0 Å². The molecule has 0 amide bonds. The van der Waals surface area contributed by atoms with E-state index in [1.807, 2.05) is 0 Å². The van der Waals surface area contributed by atoms with Crippen molar-refractivity contribution in [2.75, 3.05) is 0 Å². The lowest BCUT2D eigenvalue weighted by Gasteiger charge is -2.16. The van der Waals surface area contributed by atoms with E-state index in [2.05, 4.69) is 0 Å². The van der Waals surface area contributed by atoms with Crippen molar-refractivity contribution in [3.8, 4) is 0 Å². The molecule has 0 saturated heterocycles. The number of allylic oxidation sites excluding steroid dienone is 1. The van der Waals surface area contributed by atoms with Crippen LogP contribution in [0.25, 0.3) is 0 Å². The molecule has 0 heterocycles. The molecule has 3 N–H and O–H groups in total. The second kappa shape index (κ2) is 5.03. The molecule has 0 rings (SSSR count). The molecule has 0 saturated carbocycles. The molecule has 3 atom stereocenters. The van der Waals surface area contributed by atoms with Gasteiger partial charge in [0.1, 0.15) is 18.3 Å². The lowest BCUT2D eigenvalue weighted by atomic mass is 10.1. The summed E-state index contributed by atoms with van der Waals surface area (Å²) in [5.41, 5.74) is 0.805. The van der Waals surface area contributed by atoms with Gasteiger partial charge in [-0.05, 0) is 13.8 Å². The smallest absolute Gasteiger partial charge is 0.151 e. The van der Waals surface area contributed by atoms with Crippen molar-refractivity contribution in [2.24, 2.45) is 0 Å². The van der Waals surface area contributed by atoms with Gasteiger partial charge >= 0.3 is 0 Å². The average Bonchev–Trinajstić information content (AvgIpc) is 2.00. The van der Waals surface area contributed by atoms with Crippen molar-refractivity contribution < 1.29 is 20.1 Å². The third kappa shape index (κ3) is 3.61. The van der Waals surface area contributed by atoms with Gasteiger partial charge in [-0.3, -0.25) is 0 Å². The Balaban J connectivity index is 4.18. The van der Waals surface area contributed by atoms with E-state index >= 15 is 0 Å². The minimum Gasteiger partial charge on any atom is -0.387 e. The van der Waals surface area contributed by atoms with E-state index in [4.69, 9.17) is 15.3 Å². The first-order valence-electron chi connectivity index (χ1n) is 3.63. The number of hydrogen-bond donors (Lipinski definition) is 3. The first kappa shape index (κ1) is 11.3. The molecule has 12 heavy (non-hydrogen) atoms. The molecule has 4 heteroatoms. The van der Waals surface area contributed by atoms with Gasteiger partial charge in [-0.2, -0.15) is 0 Å². The van der Waals surface area contributed by atoms with E-state index in [-0.39, 0.29) is 6.29 Å². The fourth-order valence-corrected chi connectivity index (χ4v) is 0.723. The Morgan fingerprint density at radius 1 is 1.17 bits per heavy atom. The van der Waals surface area contributed by atoms with Crippen molar-refractivity contribution in [1.29, 1.82) is 0 Å². The zero-order valence-electron chi connectivity index (χ0n) is 7.14. The van der Waals surface area contributed by atoms with Gasteiger partial charge in [0.2, 0.25) is 0 Å². The highest BCUT2D eigenvalue weighted by Crippen LogP contribution is 2.02. The molecule has 70 valence electrons. The van der Waals surface area contributed by atoms with Crippen LogP contribution in [0.5, 0.6) is 0 Å². The molecule has 0 bridgehead atoms. The van der Waals surface area contributed by atoms with Crippen molar-refractivity contribution in [2.45, 2.75) is 32.2 Å². The van der Waals surface area contributed by atoms with Gasteiger partial charge in [-0.25, -0.2) is 0 Å². The monoisotopic (exact) mass is 174 g/mol. The maximum absolute atomic E-state index is 9.99. The summed E-state index contributed by atoms with van der Waals surface area (Å²) >= 11 is 0. The zero-order valence-corrected chi connectivity index (χ0v) is 7.14. The number of carbonyl (C=O) groups is 1. The van der Waals surface area contributed by atoms with E-state index < -0.39 is 18.3 Å². The van der Waals surface area contributed by atoms with Crippen LogP contribution in [0.2, 0.25) is 0 Å². The summed E-state index contributed by atoms with van der Waals surface area (Å²) < 4.78 is 0. The van der Waals surface area contributed by atoms with Gasteiger partial charge in [0.25, 0.3) is 0 Å². The SMILES string of the molecule is CC(C)=C[C@@H](O)[C@@H](O)[C@@H](O)C=O. The number of aldehydes is 1. The van der Waals surface area contributed by atoms with Crippen molar-refractivity contribution in [1.82, 2.24) is 0 Å². The van der Waals surface area contributed by atoms with E-state index in [0.717, 1.165) is 5.57 Å². The molecule has 0 fully saturated rings. The fourth-order valence-electron chi connectivity index (χ4n) is 0.723. The number of carbonyl (C=O) groups excluding carboxylic acids is 1. The molecule has 0 aliphatic rings. The second-order valence-corrected chi connectivity index (χ2v) is 2.85. The normalized spacial score (nSPS) is 17.8. The molecular weight excluding hydrogens is 160 g/mol. The average molecular weight is 174 g/mol. The van der Waals surface area contributed by atoms with Crippen LogP contribution in [-0.4, -0.2) is 39.9 Å². The van der Waals surface area contributed by atoms with Crippen LogP contribution in [0.4, 0.5) is 0 Å². The van der Waals surface area contributed by atoms with Gasteiger partial charge < -0.3 is 20.1 Å². The van der Waals surface area contributed by atoms with E-state index in [0.29, 0.717) is 0 Å². The summed E-state index contributed by atoms with van der Waals surface area (Å²) in [4.78, 5) is 9.99. The van der Waals surface area contributed by atoms with Crippen LogP contribution in [0.1, 0.15) is 13.8 Å². The molecule has 0 aromatic heterocycles. The summed E-state index contributed by atoms with van der Waals surface area (Å²) in [5.74, 6) is 0. The molecule has 0 aromatic rings. The summed E-state index contributed by atoms with van der Waals surface area (Å²) in [6.45, 7) is 3.48. The standard InChI is InChI=1S/C8H14O4/c1-5(2)3-6(10)8(12)7(11)4-9/h3-4,6-8,10-12H,1-2H3/t6-,7+,8-/m1/s1. The fraction of sp³-hybridized carbons (Fsp3) is 0.625. The van der Waals surface area contributed by atoms with Gasteiger partial charge in [0, 0.05) is 0 Å². The maximum Gasteiger partial charge on any atom is 0.151 e. The summed E-state index contributed by atoms with van der Waals surface area (Å²) in [5, 5.41) is 27.0. The van der Waals surface area contributed by atoms with Crippen LogP contribution in [0.15, 0.2) is 11.6 Å². The summed E-state index contributed by atoms with van der Waals surface area (Å²) in [6.07, 6.45) is -2.62. The van der Waals surface area contributed by atoms with E-state index in [1.165, 1.54) is 6.08 Å². The lowest BCUT2D eigenvalue weighted by molar-refractivity contribution is -0.124. The Bertz CT molecular complexity index is 172. The minimum absolute atomic E-state index is 0.187. The van der Waals surface area contributed by atoms with Crippen LogP contribution in [-0.2, 0) is 4.79 Å². The summed E-state index contributed by atoms with van der Waals surface area (Å²) in [6, 6.07) is 0. The number of rotatable bonds is 4. The second-order valence-electron chi connectivity index (χ2n) is 2.85. The first-order chi connectivity index (χ1) is 5.49. The molecule has 0 radical (unpaired) electrons. The Hall–Kier alpha value is -0.710. The lowest BCUT2D eigenvalue weighted by Crippen LogP contribution is -2.37. The quantitative estimate of drug-likeness (QED) is 0.386. The Kier molecular flexibility index (Phi) is 4.73. The van der Waals surface area contributed by atoms with Crippen LogP contribution in [0.3, 0.4) is 0 Å². The molecule has 0 aliphatic heterocycles. The Morgan fingerprint density at radius 3 is 2.00 bits per heavy atom. The third-order valence-electron chi connectivity index (χ3n) is 1.34. The van der Waals surface area contributed by atoms with Gasteiger partial charge in [-0.15, -0.1) is 0 Å². The summed E-state index contributed by atoms with van der Waals surface area (Å²) in [7, 11) is 0. The molecular formula is C8H14O4. The number of aliphatic hydroxyl groups excluding tert-OH is 3. The highest BCUT2D eigenvalue weighted by Gasteiger charge is 2.21. The Labute approximate surface area is 71.1 Å². The molecule has 0 unspecified atom stereocenters. The van der Waals surface area contributed by atoms with Crippen LogP contribution >= 0.6 is 0 Å². The molecule has 0 aliphatic carbocycles. The highest BCUT2D eigenvalue weighted by molar-refractivity contribution is 5.56. The predicted molar refractivity (Wildman–Crippen MR) is 43.5 cm³/mol. The predicted octanol–water partition coefficient (Wildman–Crippen LogP) is -0.766. The zero-order chi connectivity index (χ0) is 9.72. The van der Waals surface area contributed by atoms with Crippen molar-refractivity contribution in [3.05, 3.63) is 11.6 Å². The maximum atomic E-state index is 9.99. The first-order valence-corrected chi connectivity index (χ1v) is 3.63. The van der Waals surface area contributed by atoms with Crippen molar-refractivity contribution in [3.63, 3.8) is 0 Å². The third-order valence-corrected chi connectivity index (χ3v) is 1.34. The van der Waals surface area contributed by atoms with Crippen LogP contribution < -0.4 is 0 Å². The Morgan fingerprint density at radius 2 is 1.67 bits per heavy atom. The molecule has 0 aromatic carbocycles. The van der Waals surface area contributed by atoms with Gasteiger partial charge in [0.05, 0.1) is 0 Å². The highest BCUT2D eigenvalue weighted by atomic mass is 16.4. The largest absolute Gasteiger partial charge is 0.387 e. The topological polar surface area (TPSA) is 77.8 Å². The van der Waals surface area contributed by atoms with Crippen molar-refractivity contribution >= 4 is 6.29 Å². The van der Waals surface area contributed by atoms with Gasteiger partial charge in [-0.1, -0.05) is 11.6 Å². The minimum atomic E-state index is -1.53. The number of aliphatic hydroxyl groups is 3. The van der Waals surface area contributed by atoms with E-state index in [1.54, 1.807) is 13.8 Å². The molecule has 4 nitrogen and oxygen atoms in total. The molecule has 0 spiro atoms. The van der Waals surface area contributed by atoms with E-state index in [9.17, 15) is 4.79 Å². The van der Waals surface area contributed by atoms with Gasteiger partial charge in [0.15, 0.2) is 6.29 Å². The number of hydrogen-bond acceptors (Lipinski definition) is 4.